The van der Waals surface area contributed by atoms with Crippen molar-refractivity contribution in [3.8, 4) is 0 Å². The van der Waals surface area contributed by atoms with Crippen molar-refractivity contribution in [2.45, 2.75) is 36.8 Å². The second kappa shape index (κ2) is 5.70. The summed E-state index contributed by atoms with van der Waals surface area (Å²) in [5.74, 6) is 0. The van der Waals surface area contributed by atoms with Gasteiger partial charge in [0.15, 0.2) is 0 Å². The first-order valence-electron chi connectivity index (χ1n) is 6.88. The maximum absolute atomic E-state index is 12.7. The van der Waals surface area contributed by atoms with E-state index in [0.29, 0.717) is 23.3 Å². The van der Waals surface area contributed by atoms with Crippen LogP contribution in [0, 0.1) is 13.8 Å². The lowest BCUT2D eigenvalue weighted by atomic mass is 10.2. The highest BCUT2D eigenvalue weighted by molar-refractivity contribution is 7.91. The van der Waals surface area contributed by atoms with Gasteiger partial charge in [-0.25, -0.2) is 16.8 Å². The first-order chi connectivity index (χ1) is 9.62. The van der Waals surface area contributed by atoms with Gasteiger partial charge in [0, 0.05) is 19.3 Å². The monoisotopic (exact) mass is 331 g/mol. The fourth-order valence-electron chi connectivity index (χ4n) is 2.62. The van der Waals surface area contributed by atoms with Gasteiger partial charge in [-0.3, -0.25) is 0 Å². The minimum Gasteiger partial charge on any atom is -0.229 e. The number of benzene rings is 1. The number of sulfonamides is 1. The van der Waals surface area contributed by atoms with Gasteiger partial charge in [-0.2, -0.15) is 4.31 Å². The largest absolute Gasteiger partial charge is 0.243 e. The van der Waals surface area contributed by atoms with Gasteiger partial charge in [-0.1, -0.05) is 12.1 Å². The Morgan fingerprint density at radius 2 is 1.62 bits per heavy atom. The van der Waals surface area contributed by atoms with E-state index in [1.807, 2.05) is 13.0 Å². The quantitative estimate of drug-likeness (QED) is 0.841. The van der Waals surface area contributed by atoms with Gasteiger partial charge in [0.1, 0.15) is 9.84 Å². The molecule has 0 bridgehead atoms. The smallest absolute Gasteiger partial charge is 0.229 e. The summed E-state index contributed by atoms with van der Waals surface area (Å²) in [4.78, 5) is 0.320. The first-order valence-corrected chi connectivity index (χ1v) is 10.3. The third kappa shape index (κ3) is 3.46. The lowest BCUT2D eigenvalue weighted by Gasteiger charge is -2.30. The zero-order valence-electron chi connectivity index (χ0n) is 12.5. The molecule has 7 heteroatoms. The van der Waals surface area contributed by atoms with Gasteiger partial charge in [0.25, 0.3) is 0 Å². The predicted octanol–water partition coefficient (Wildman–Crippen LogP) is 1.50. The minimum atomic E-state index is -3.55. The van der Waals surface area contributed by atoms with Crippen molar-refractivity contribution in [1.82, 2.24) is 4.31 Å². The van der Waals surface area contributed by atoms with E-state index >= 15 is 0 Å². The SMILES string of the molecule is Cc1ccc(C)c(S(=O)(=O)N2CCC(S(C)(=O)=O)CC2)c1. The Bertz CT molecular complexity index is 730. The van der Waals surface area contributed by atoms with Crippen LogP contribution < -0.4 is 0 Å². The fraction of sp³-hybridized carbons (Fsp3) is 0.571. The minimum absolute atomic E-state index is 0.257. The molecule has 0 amide bonds. The van der Waals surface area contributed by atoms with Crippen LogP contribution in [-0.2, 0) is 19.9 Å². The standard InChI is InChI=1S/C14H21NO4S2/c1-11-4-5-12(2)14(10-11)21(18,19)15-8-6-13(7-9-15)20(3,16)17/h4-5,10,13H,6-9H2,1-3H3. The van der Waals surface area contributed by atoms with Crippen LogP contribution in [0.3, 0.4) is 0 Å². The second-order valence-corrected chi connectivity index (χ2v) is 9.93. The van der Waals surface area contributed by atoms with E-state index in [9.17, 15) is 16.8 Å². The van der Waals surface area contributed by atoms with E-state index in [1.54, 1.807) is 19.1 Å². The number of rotatable bonds is 3. The van der Waals surface area contributed by atoms with Crippen LogP contribution in [0.15, 0.2) is 23.1 Å². The Morgan fingerprint density at radius 3 is 2.14 bits per heavy atom. The van der Waals surface area contributed by atoms with Crippen molar-refractivity contribution >= 4 is 19.9 Å². The number of aryl methyl sites for hydroxylation is 2. The van der Waals surface area contributed by atoms with Crippen molar-refractivity contribution < 1.29 is 16.8 Å². The molecule has 0 saturated carbocycles. The van der Waals surface area contributed by atoms with Crippen LogP contribution in [0.5, 0.6) is 0 Å². The highest BCUT2D eigenvalue weighted by atomic mass is 32.2. The van der Waals surface area contributed by atoms with Gasteiger partial charge in [-0.05, 0) is 43.9 Å². The van der Waals surface area contributed by atoms with E-state index in [4.69, 9.17) is 0 Å². The molecule has 1 aromatic carbocycles. The highest BCUT2D eigenvalue weighted by Gasteiger charge is 2.33. The van der Waals surface area contributed by atoms with Crippen LogP contribution >= 0.6 is 0 Å². The zero-order valence-corrected chi connectivity index (χ0v) is 14.2. The Kier molecular flexibility index (Phi) is 4.46. The third-order valence-electron chi connectivity index (χ3n) is 3.97. The van der Waals surface area contributed by atoms with E-state index in [-0.39, 0.29) is 13.1 Å². The summed E-state index contributed by atoms with van der Waals surface area (Å²) < 4.78 is 49.9. The molecule has 5 nitrogen and oxygen atoms in total. The molecule has 1 aliphatic heterocycles. The van der Waals surface area contributed by atoms with Gasteiger partial charge >= 0.3 is 0 Å². The lowest BCUT2D eigenvalue weighted by molar-refractivity contribution is 0.346. The number of piperidine rings is 1. The number of hydrogen-bond acceptors (Lipinski definition) is 4. The van der Waals surface area contributed by atoms with Crippen molar-refractivity contribution in [1.29, 1.82) is 0 Å². The summed E-state index contributed by atoms with van der Waals surface area (Å²) in [5, 5.41) is -0.428. The topological polar surface area (TPSA) is 71.5 Å². The number of hydrogen-bond donors (Lipinski definition) is 0. The summed E-state index contributed by atoms with van der Waals surface area (Å²) in [6, 6.07) is 5.35. The molecule has 1 aliphatic rings. The Hall–Kier alpha value is -0.920. The molecule has 21 heavy (non-hydrogen) atoms. The number of nitrogens with zero attached hydrogens (tertiary/aromatic N) is 1. The Balaban J connectivity index is 2.25. The molecule has 1 saturated heterocycles. The van der Waals surface area contributed by atoms with Gasteiger partial charge in [-0.15, -0.1) is 0 Å². The van der Waals surface area contributed by atoms with Crippen LogP contribution in [0.25, 0.3) is 0 Å². The van der Waals surface area contributed by atoms with Crippen LogP contribution in [0.1, 0.15) is 24.0 Å². The normalized spacial score (nSPS) is 18.8. The van der Waals surface area contributed by atoms with Gasteiger partial charge < -0.3 is 0 Å². The average molecular weight is 331 g/mol. The van der Waals surface area contributed by atoms with E-state index in [2.05, 4.69) is 0 Å². The maximum Gasteiger partial charge on any atom is 0.243 e. The van der Waals surface area contributed by atoms with Crippen molar-refractivity contribution in [2.75, 3.05) is 19.3 Å². The molecule has 0 unspecified atom stereocenters. The van der Waals surface area contributed by atoms with Crippen LogP contribution in [0.4, 0.5) is 0 Å². The molecule has 1 aromatic rings. The van der Waals surface area contributed by atoms with Crippen LogP contribution in [0.2, 0.25) is 0 Å². The molecular formula is C14H21NO4S2. The molecule has 0 spiro atoms. The number of sulfone groups is 1. The molecule has 0 aliphatic carbocycles. The summed E-state index contributed by atoms with van der Waals surface area (Å²) in [6.45, 7) is 4.14. The van der Waals surface area contributed by atoms with Crippen molar-refractivity contribution in [3.63, 3.8) is 0 Å². The molecule has 0 atom stereocenters. The highest BCUT2D eigenvalue weighted by Crippen LogP contribution is 2.26. The first kappa shape index (κ1) is 16.5. The molecule has 1 heterocycles. The van der Waals surface area contributed by atoms with E-state index in [1.165, 1.54) is 10.6 Å². The van der Waals surface area contributed by atoms with Gasteiger partial charge in [0.05, 0.1) is 10.1 Å². The molecule has 1 fully saturated rings. The molecule has 0 aromatic heterocycles. The summed E-state index contributed by atoms with van der Waals surface area (Å²) in [6.07, 6.45) is 1.94. The van der Waals surface area contributed by atoms with Crippen molar-refractivity contribution in [2.24, 2.45) is 0 Å². The molecule has 2 rings (SSSR count). The predicted molar refractivity (Wildman–Crippen MR) is 82.5 cm³/mol. The Morgan fingerprint density at radius 1 is 1.05 bits per heavy atom. The average Bonchev–Trinajstić information content (AvgIpc) is 2.40. The van der Waals surface area contributed by atoms with Crippen molar-refractivity contribution in [3.05, 3.63) is 29.3 Å². The van der Waals surface area contributed by atoms with E-state index < -0.39 is 25.1 Å². The maximum atomic E-state index is 12.7. The summed E-state index contributed by atoms with van der Waals surface area (Å²) in [5.41, 5.74) is 1.61. The summed E-state index contributed by atoms with van der Waals surface area (Å²) >= 11 is 0. The van der Waals surface area contributed by atoms with E-state index in [0.717, 1.165) is 5.56 Å². The van der Waals surface area contributed by atoms with Gasteiger partial charge in [0.2, 0.25) is 10.0 Å². The lowest BCUT2D eigenvalue weighted by Crippen LogP contribution is -2.42. The fourth-order valence-corrected chi connectivity index (χ4v) is 5.47. The van der Waals surface area contributed by atoms with Crippen LogP contribution in [-0.4, -0.2) is 45.7 Å². The molecule has 118 valence electrons. The molecule has 0 radical (unpaired) electrons. The third-order valence-corrected chi connectivity index (χ3v) is 7.69. The summed E-state index contributed by atoms with van der Waals surface area (Å²) in [7, 11) is -6.64. The molecule has 0 N–H and O–H groups in total. The Labute approximate surface area is 126 Å². The molecular weight excluding hydrogens is 310 g/mol. The zero-order chi connectivity index (χ0) is 15.8. The second-order valence-electron chi connectivity index (χ2n) is 5.70.